The zero-order chi connectivity index (χ0) is 19.4. The maximum atomic E-state index is 12.6. The van der Waals surface area contributed by atoms with E-state index in [-0.39, 0.29) is 0 Å². The highest BCUT2D eigenvalue weighted by molar-refractivity contribution is 6.33. The van der Waals surface area contributed by atoms with Crippen LogP contribution in [-0.4, -0.2) is 22.1 Å². The summed E-state index contributed by atoms with van der Waals surface area (Å²) >= 11 is 12.5. The summed E-state index contributed by atoms with van der Waals surface area (Å²) in [6.07, 6.45) is 1.36. The van der Waals surface area contributed by atoms with Gasteiger partial charge in [-0.15, -0.1) is 0 Å². The Morgan fingerprint density at radius 3 is 2.41 bits per heavy atom. The molecule has 0 saturated carbocycles. The third-order valence-corrected chi connectivity index (χ3v) is 4.72. The average molecular weight is 403 g/mol. The fraction of sp³-hybridized carbons (Fsp3) is 0.238. The number of ether oxygens (including phenoxy) is 1. The first-order valence-corrected chi connectivity index (χ1v) is 9.62. The zero-order valence-corrected chi connectivity index (χ0v) is 16.7. The number of carbonyl (C=O) groups is 1. The summed E-state index contributed by atoms with van der Waals surface area (Å²) in [6.45, 7) is 4.29. The fourth-order valence-corrected chi connectivity index (χ4v) is 3.24. The van der Waals surface area contributed by atoms with Crippen LogP contribution in [0.5, 0.6) is 0 Å². The number of nitrogens with zero attached hydrogens (tertiary/aromatic N) is 2. The molecule has 0 aliphatic heterocycles. The smallest absolute Gasteiger partial charge is 0.358 e. The number of halogens is 2. The quantitative estimate of drug-likeness (QED) is 0.476. The molecule has 3 rings (SSSR count). The summed E-state index contributed by atoms with van der Waals surface area (Å²) in [5, 5.41) is 1.20. The number of hydrogen-bond donors (Lipinski definition) is 0. The van der Waals surface area contributed by atoms with Gasteiger partial charge in [0.1, 0.15) is 5.82 Å². The minimum Gasteiger partial charge on any atom is -0.461 e. The highest BCUT2D eigenvalue weighted by atomic mass is 35.5. The Hall–Kier alpha value is -2.30. The standard InChI is InChI=1S/C21H20Cl2N2O2/c1-3-13-27-21(26)19-18(4-2)25(15-11-9-14(22)10-12-15)20(24-19)16-7-5-6-8-17(16)23/h5-12H,3-4,13H2,1-2H3. The lowest BCUT2D eigenvalue weighted by Gasteiger charge is -2.13. The van der Waals surface area contributed by atoms with Crippen LogP contribution in [0.15, 0.2) is 48.5 Å². The molecule has 0 aliphatic carbocycles. The molecule has 1 heterocycles. The van der Waals surface area contributed by atoms with Gasteiger partial charge in [-0.25, -0.2) is 9.78 Å². The molecular weight excluding hydrogens is 383 g/mol. The molecule has 0 spiro atoms. The molecule has 1 aromatic heterocycles. The van der Waals surface area contributed by atoms with Crippen LogP contribution in [-0.2, 0) is 11.2 Å². The van der Waals surface area contributed by atoms with Crippen molar-refractivity contribution in [1.29, 1.82) is 0 Å². The summed E-state index contributed by atoms with van der Waals surface area (Å²) in [6, 6.07) is 14.8. The van der Waals surface area contributed by atoms with Crippen molar-refractivity contribution in [3.8, 4) is 17.1 Å². The lowest BCUT2D eigenvalue weighted by molar-refractivity contribution is 0.0497. The largest absolute Gasteiger partial charge is 0.461 e. The molecule has 0 aliphatic rings. The van der Waals surface area contributed by atoms with Crippen molar-refractivity contribution in [3.05, 3.63) is 70.0 Å². The van der Waals surface area contributed by atoms with Crippen molar-refractivity contribution in [3.63, 3.8) is 0 Å². The minimum atomic E-state index is -0.422. The van der Waals surface area contributed by atoms with E-state index >= 15 is 0 Å². The van der Waals surface area contributed by atoms with Crippen molar-refractivity contribution in [2.75, 3.05) is 6.61 Å². The van der Waals surface area contributed by atoms with Crippen molar-refractivity contribution in [2.24, 2.45) is 0 Å². The zero-order valence-electron chi connectivity index (χ0n) is 15.2. The van der Waals surface area contributed by atoms with E-state index in [0.29, 0.717) is 34.6 Å². The van der Waals surface area contributed by atoms with Crippen LogP contribution in [0.25, 0.3) is 17.1 Å². The number of imidazole rings is 1. The molecule has 0 N–H and O–H groups in total. The van der Waals surface area contributed by atoms with Gasteiger partial charge in [-0.05, 0) is 49.2 Å². The Morgan fingerprint density at radius 2 is 1.78 bits per heavy atom. The highest BCUT2D eigenvalue weighted by Crippen LogP contribution is 2.32. The third kappa shape index (κ3) is 4.02. The normalized spacial score (nSPS) is 10.8. The van der Waals surface area contributed by atoms with E-state index in [1.165, 1.54) is 0 Å². The average Bonchev–Trinajstić information content (AvgIpc) is 3.06. The van der Waals surface area contributed by atoms with Crippen LogP contribution in [0.4, 0.5) is 0 Å². The lowest BCUT2D eigenvalue weighted by atomic mass is 10.2. The topological polar surface area (TPSA) is 44.1 Å². The van der Waals surface area contributed by atoms with E-state index in [4.69, 9.17) is 27.9 Å². The van der Waals surface area contributed by atoms with Crippen LogP contribution in [0.2, 0.25) is 10.0 Å². The Morgan fingerprint density at radius 1 is 1.07 bits per heavy atom. The van der Waals surface area contributed by atoms with E-state index in [9.17, 15) is 4.79 Å². The minimum absolute atomic E-state index is 0.316. The second-order valence-corrected chi connectivity index (χ2v) is 6.86. The summed E-state index contributed by atoms with van der Waals surface area (Å²) < 4.78 is 7.28. The molecule has 3 aromatic rings. The van der Waals surface area contributed by atoms with Gasteiger partial charge < -0.3 is 4.74 Å². The molecule has 6 heteroatoms. The molecule has 0 unspecified atom stereocenters. The number of hydrogen-bond acceptors (Lipinski definition) is 3. The van der Waals surface area contributed by atoms with Gasteiger partial charge in [0.15, 0.2) is 5.69 Å². The lowest BCUT2D eigenvalue weighted by Crippen LogP contribution is -2.10. The van der Waals surface area contributed by atoms with E-state index in [1.54, 1.807) is 6.07 Å². The van der Waals surface area contributed by atoms with E-state index in [2.05, 4.69) is 4.98 Å². The highest BCUT2D eigenvalue weighted by Gasteiger charge is 2.25. The van der Waals surface area contributed by atoms with Gasteiger partial charge >= 0.3 is 5.97 Å². The van der Waals surface area contributed by atoms with E-state index in [0.717, 1.165) is 23.4 Å². The van der Waals surface area contributed by atoms with Gasteiger partial charge in [-0.1, -0.05) is 49.2 Å². The molecule has 0 amide bonds. The molecule has 0 atom stereocenters. The maximum absolute atomic E-state index is 12.6. The van der Waals surface area contributed by atoms with Crippen molar-refractivity contribution >= 4 is 29.2 Å². The Labute approximate surface area is 168 Å². The predicted molar refractivity (Wildman–Crippen MR) is 109 cm³/mol. The van der Waals surface area contributed by atoms with Crippen LogP contribution in [0.1, 0.15) is 36.5 Å². The predicted octanol–water partition coefficient (Wildman–Crippen LogP) is 5.98. The Bertz CT molecular complexity index is 949. The van der Waals surface area contributed by atoms with Crippen LogP contribution < -0.4 is 0 Å². The van der Waals surface area contributed by atoms with Crippen LogP contribution >= 0.6 is 23.2 Å². The summed E-state index contributed by atoms with van der Waals surface area (Å²) in [7, 11) is 0. The van der Waals surface area contributed by atoms with Gasteiger partial charge in [0.25, 0.3) is 0 Å². The van der Waals surface area contributed by atoms with Crippen molar-refractivity contribution < 1.29 is 9.53 Å². The van der Waals surface area contributed by atoms with Gasteiger partial charge in [-0.3, -0.25) is 4.57 Å². The number of rotatable bonds is 6. The molecule has 140 valence electrons. The number of aromatic nitrogens is 2. The van der Waals surface area contributed by atoms with Crippen LogP contribution in [0, 0.1) is 0 Å². The first kappa shape index (κ1) is 19.5. The van der Waals surface area contributed by atoms with Crippen LogP contribution in [0.3, 0.4) is 0 Å². The second-order valence-electron chi connectivity index (χ2n) is 6.01. The summed E-state index contributed by atoms with van der Waals surface area (Å²) in [4.78, 5) is 17.2. The SMILES string of the molecule is CCCOC(=O)c1nc(-c2ccccc2Cl)n(-c2ccc(Cl)cc2)c1CC. The molecule has 0 bridgehead atoms. The van der Waals surface area contributed by atoms with E-state index in [1.807, 2.05) is 60.9 Å². The second kappa shape index (κ2) is 8.59. The first-order valence-electron chi connectivity index (χ1n) is 8.86. The maximum Gasteiger partial charge on any atom is 0.358 e. The molecule has 4 nitrogen and oxygen atoms in total. The van der Waals surface area contributed by atoms with Crippen molar-refractivity contribution in [2.45, 2.75) is 26.7 Å². The van der Waals surface area contributed by atoms with Gasteiger partial charge in [0.2, 0.25) is 0 Å². The van der Waals surface area contributed by atoms with E-state index < -0.39 is 5.97 Å². The molecule has 27 heavy (non-hydrogen) atoms. The summed E-state index contributed by atoms with van der Waals surface area (Å²) in [5.41, 5.74) is 2.69. The fourth-order valence-electron chi connectivity index (χ4n) is 2.90. The van der Waals surface area contributed by atoms with Gasteiger partial charge in [0.05, 0.1) is 17.3 Å². The molecule has 0 saturated heterocycles. The molecular formula is C21H20Cl2N2O2. The van der Waals surface area contributed by atoms with Gasteiger partial charge in [-0.2, -0.15) is 0 Å². The van der Waals surface area contributed by atoms with Crippen molar-refractivity contribution in [1.82, 2.24) is 9.55 Å². The number of benzene rings is 2. The molecule has 0 radical (unpaired) electrons. The third-order valence-electron chi connectivity index (χ3n) is 4.14. The van der Waals surface area contributed by atoms with Gasteiger partial charge in [0, 0.05) is 16.3 Å². The number of carbonyl (C=O) groups excluding carboxylic acids is 1. The number of esters is 1. The summed E-state index contributed by atoms with van der Waals surface area (Å²) in [5.74, 6) is 0.179. The Balaban J connectivity index is 2.24. The Kier molecular flexibility index (Phi) is 6.19. The molecule has 0 fully saturated rings. The first-order chi connectivity index (χ1) is 13.1. The monoisotopic (exact) mass is 402 g/mol. The molecule has 2 aromatic carbocycles.